The Balaban J connectivity index is 1.93. The number of fused-ring (bicyclic) bond motifs is 1. The van der Waals surface area contributed by atoms with Crippen LogP contribution in [0, 0.1) is 10.1 Å². The predicted octanol–water partition coefficient (Wildman–Crippen LogP) is 4.56. The second-order valence-corrected chi connectivity index (χ2v) is 7.24. The van der Waals surface area contributed by atoms with Crippen molar-refractivity contribution in [2.45, 2.75) is 26.8 Å². The van der Waals surface area contributed by atoms with Crippen LogP contribution in [0.15, 0.2) is 53.5 Å². The zero-order chi connectivity index (χ0) is 20.8. The summed E-state index contributed by atoms with van der Waals surface area (Å²) in [5.74, 6) is 0.367. The molecule has 0 aliphatic heterocycles. The first-order valence-electron chi connectivity index (χ1n) is 9.29. The summed E-state index contributed by atoms with van der Waals surface area (Å²) in [6.07, 6.45) is 3.76. The Morgan fingerprint density at radius 1 is 1.28 bits per heavy atom. The van der Waals surface area contributed by atoms with Gasteiger partial charge in [-0.15, -0.1) is 0 Å². The number of rotatable bonds is 7. The second-order valence-electron chi connectivity index (χ2n) is 6.23. The third-order valence-electron chi connectivity index (χ3n) is 4.12. The molecule has 1 heterocycles. The molecule has 3 aromatic rings. The van der Waals surface area contributed by atoms with Crippen molar-refractivity contribution in [2.75, 3.05) is 6.61 Å². The van der Waals surface area contributed by atoms with Crippen molar-refractivity contribution in [3.05, 3.63) is 69.0 Å². The SMILES string of the molecule is CCCn1c(=NC(=O)/C=C/c2cccc([N+](=O)[O-])c2)sc2cc(OCC)ccc21. The molecular formula is C21H21N3O4S. The molecule has 0 saturated carbocycles. The topological polar surface area (TPSA) is 86.7 Å². The number of ether oxygens (including phenoxy) is 1. The van der Waals surface area contributed by atoms with Gasteiger partial charge >= 0.3 is 0 Å². The van der Waals surface area contributed by atoms with Crippen LogP contribution in [0.3, 0.4) is 0 Å². The number of carbonyl (C=O) groups excluding carboxylic acids is 1. The fourth-order valence-corrected chi connectivity index (χ4v) is 3.97. The number of aromatic nitrogens is 1. The first-order valence-corrected chi connectivity index (χ1v) is 10.1. The highest BCUT2D eigenvalue weighted by atomic mass is 32.1. The Labute approximate surface area is 171 Å². The lowest BCUT2D eigenvalue weighted by Crippen LogP contribution is -2.16. The smallest absolute Gasteiger partial charge is 0.272 e. The minimum atomic E-state index is -0.467. The molecule has 150 valence electrons. The van der Waals surface area contributed by atoms with Crippen LogP contribution in [0.2, 0.25) is 0 Å². The van der Waals surface area contributed by atoms with E-state index in [4.69, 9.17) is 4.74 Å². The molecule has 0 radical (unpaired) electrons. The Hall–Kier alpha value is -3.26. The number of nitrogens with zero attached hydrogens (tertiary/aromatic N) is 3. The summed E-state index contributed by atoms with van der Waals surface area (Å²) >= 11 is 1.43. The number of carbonyl (C=O) groups is 1. The molecule has 0 spiro atoms. The van der Waals surface area contributed by atoms with Crippen LogP contribution in [0.25, 0.3) is 16.3 Å². The van der Waals surface area contributed by atoms with E-state index in [0.29, 0.717) is 17.0 Å². The standard InChI is InChI=1S/C21H21N3O4S/c1-3-12-23-18-10-9-17(28-4-2)14-19(18)29-21(23)22-20(25)11-8-15-6-5-7-16(13-15)24(26)27/h5-11,13-14H,3-4,12H2,1-2H3/b11-8+,22-21?. The average Bonchev–Trinajstić information content (AvgIpc) is 3.03. The molecule has 1 amide bonds. The Morgan fingerprint density at radius 2 is 2.10 bits per heavy atom. The summed E-state index contributed by atoms with van der Waals surface area (Å²) in [7, 11) is 0. The number of thiazole rings is 1. The highest BCUT2D eigenvalue weighted by Gasteiger charge is 2.08. The normalized spacial score (nSPS) is 12.0. The van der Waals surface area contributed by atoms with E-state index in [1.54, 1.807) is 12.1 Å². The van der Waals surface area contributed by atoms with E-state index in [1.807, 2.05) is 29.7 Å². The van der Waals surface area contributed by atoms with Crippen molar-refractivity contribution < 1.29 is 14.5 Å². The highest BCUT2D eigenvalue weighted by Crippen LogP contribution is 2.23. The predicted molar refractivity (Wildman–Crippen MR) is 114 cm³/mol. The van der Waals surface area contributed by atoms with E-state index in [9.17, 15) is 14.9 Å². The maximum absolute atomic E-state index is 12.4. The van der Waals surface area contributed by atoms with Gasteiger partial charge in [0, 0.05) is 24.8 Å². The van der Waals surface area contributed by atoms with Crippen LogP contribution in [-0.4, -0.2) is 22.0 Å². The molecule has 0 aliphatic carbocycles. The first kappa shape index (κ1) is 20.5. The van der Waals surface area contributed by atoms with Crippen molar-refractivity contribution in [2.24, 2.45) is 4.99 Å². The number of non-ortho nitro benzene ring substituents is 1. The van der Waals surface area contributed by atoms with Crippen LogP contribution < -0.4 is 9.54 Å². The number of nitro benzene ring substituents is 1. The van der Waals surface area contributed by atoms with Crippen LogP contribution in [0.4, 0.5) is 5.69 Å². The summed E-state index contributed by atoms with van der Waals surface area (Å²) < 4.78 is 8.58. The fraction of sp³-hybridized carbons (Fsp3) is 0.238. The zero-order valence-corrected chi connectivity index (χ0v) is 17.0. The zero-order valence-electron chi connectivity index (χ0n) is 16.2. The lowest BCUT2D eigenvalue weighted by Gasteiger charge is -2.04. The molecule has 0 fully saturated rings. The van der Waals surface area contributed by atoms with Crippen LogP contribution in [0.1, 0.15) is 25.8 Å². The molecule has 0 unspecified atom stereocenters. The molecule has 1 aromatic heterocycles. The van der Waals surface area contributed by atoms with Crippen molar-refractivity contribution >= 4 is 39.2 Å². The van der Waals surface area contributed by atoms with Gasteiger partial charge in [-0.25, -0.2) is 0 Å². The van der Waals surface area contributed by atoms with Gasteiger partial charge in [-0.1, -0.05) is 30.4 Å². The fourth-order valence-electron chi connectivity index (χ4n) is 2.88. The number of benzene rings is 2. The highest BCUT2D eigenvalue weighted by molar-refractivity contribution is 7.16. The molecule has 3 rings (SSSR count). The Morgan fingerprint density at radius 3 is 2.83 bits per heavy atom. The molecule has 8 heteroatoms. The van der Waals surface area contributed by atoms with Gasteiger partial charge in [0.2, 0.25) is 0 Å². The molecule has 0 aliphatic rings. The van der Waals surface area contributed by atoms with Crippen molar-refractivity contribution in [1.29, 1.82) is 0 Å². The Bertz CT molecular complexity index is 1140. The minimum Gasteiger partial charge on any atom is -0.494 e. The van der Waals surface area contributed by atoms with Crippen molar-refractivity contribution in [3.8, 4) is 5.75 Å². The lowest BCUT2D eigenvalue weighted by molar-refractivity contribution is -0.384. The maximum Gasteiger partial charge on any atom is 0.272 e. The molecule has 0 saturated heterocycles. The van der Waals surface area contributed by atoms with Gasteiger partial charge in [0.1, 0.15) is 5.75 Å². The molecule has 2 aromatic carbocycles. The molecule has 7 nitrogen and oxygen atoms in total. The molecule has 0 bridgehead atoms. The van der Waals surface area contributed by atoms with Gasteiger partial charge in [0.15, 0.2) is 4.80 Å². The summed E-state index contributed by atoms with van der Waals surface area (Å²) in [4.78, 5) is 27.6. The number of amides is 1. The van der Waals surface area contributed by atoms with E-state index in [1.165, 1.54) is 35.6 Å². The van der Waals surface area contributed by atoms with Crippen molar-refractivity contribution in [1.82, 2.24) is 4.57 Å². The summed E-state index contributed by atoms with van der Waals surface area (Å²) in [6, 6.07) is 11.9. The van der Waals surface area contributed by atoms with E-state index in [0.717, 1.165) is 28.9 Å². The van der Waals surface area contributed by atoms with Gasteiger partial charge in [-0.05, 0) is 43.2 Å². The van der Waals surface area contributed by atoms with E-state index < -0.39 is 10.8 Å². The van der Waals surface area contributed by atoms with Crippen LogP contribution in [0.5, 0.6) is 5.75 Å². The largest absolute Gasteiger partial charge is 0.494 e. The van der Waals surface area contributed by atoms with Crippen LogP contribution >= 0.6 is 11.3 Å². The number of nitro groups is 1. The monoisotopic (exact) mass is 411 g/mol. The molecule has 0 N–H and O–H groups in total. The van der Waals surface area contributed by atoms with E-state index >= 15 is 0 Å². The summed E-state index contributed by atoms with van der Waals surface area (Å²) in [6.45, 7) is 5.33. The minimum absolute atomic E-state index is 0.0214. The maximum atomic E-state index is 12.4. The molecule has 0 atom stereocenters. The molecular weight excluding hydrogens is 390 g/mol. The van der Waals surface area contributed by atoms with Gasteiger partial charge in [0.05, 0.1) is 21.7 Å². The summed E-state index contributed by atoms with van der Waals surface area (Å²) in [5.41, 5.74) is 1.56. The lowest BCUT2D eigenvalue weighted by atomic mass is 10.2. The average molecular weight is 411 g/mol. The van der Waals surface area contributed by atoms with Gasteiger partial charge < -0.3 is 9.30 Å². The van der Waals surface area contributed by atoms with Crippen molar-refractivity contribution in [3.63, 3.8) is 0 Å². The second kappa shape index (κ2) is 9.29. The third-order valence-corrected chi connectivity index (χ3v) is 5.16. The van der Waals surface area contributed by atoms with Gasteiger partial charge in [-0.2, -0.15) is 4.99 Å². The quantitative estimate of drug-likeness (QED) is 0.324. The number of aryl methyl sites for hydroxylation is 1. The van der Waals surface area contributed by atoms with E-state index in [-0.39, 0.29) is 5.69 Å². The van der Waals surface area contributed by atoms with E-state index in [2.05, 4.69) is 11.9 Å². The Kier molecular flexibility index (Phi) is 6.56. The molecule has 29 heavy (non-hydrogen) atoms. The first-order chi connectivity index (χ1) is 14.0. The van der Waals surface area contributed by atoms with Crippen LogP contribution in [-0.2, 0) is 11.3 Å². The summed E-state index contributed by atoms with van der Waals surface area (Å²) in [5, 5.41) is 10.9. The third kappa shape index (κ3) is 4.97. The number of hydrogen-bond donors (Lipinski definition) is 0. The number of hydrogen-bond acceptors (Lipinski definition) is 5. The van der Waals surface area contributed by atoms with Gasteiger partial charge in [-0.3, -0.25) is 14.9 Å². The van der Waals surface area contributed by atoms with Gasteiger partial charge in [0.25, 0.3) is 11.6 Å².